The summed E-state index contributed by atoms with van der Waals surface area (Å²) < 4.78 is 0. The highest BCUT2D eigenvalue weighted by atomic mass is 16.4. The summed E-state index contributed by atoms with van der Waals surface area (Å²) in [6.07, 6.45) is 8.23. The predicted octanol–water partition coefficient (Wildman–Crippen LogP) is 2.82. The molecule has 0 aromatic rings. The van der Waals surface area contributed by atoms with E-state index in [0.29, 0.717) is 5.92 Å². The zero-order valence-corrected chi connectivity index (χ0v) is 12.6. The topological polar surface area (TPSA) is 66.4 Å². The molecule has 0 aliphatic heterocycles. The van der Waals surface area contributed by atoms with E-state index in [4.69, 9.17) is 5.11 Å². The van der Waals surface area contributed by atoms with Gasteiger partial charge in [-0.1, -0.05) is 39.5 Å². The van der Waals surface area contributed by atoms with Crippen molar-refractivity contribution in [2.45, 2.75) is 64.8 Å². The van der Waals surface area contributed by atoms with Crippen molar-refractivity contribution in [2.24, 2.45) is 23.7 Å². The molecule has 4 atom stereocenters. The minimum Gasteiger partial charge on any atom is -0.480 e. The molecule has 4 heteroatoms. The van der Waals surface area contributed by atoms with Crippen molar-refractivity contribution < 1.29 is 14.7 Å². The van der Waals surface area contributed by atoms with Crippen molar-refractivity contribution in [2.75, 3.05) is 0 Å². The Morgan fingerprint density at radius 1 is 1.05 bits per heavy atom. The van der Waals surface area contributed by atoms with Crippen LogP contribution in [0.3, 0.4) is 0 Å². The molecule has 0 radical (unpaired) electrons. The van der Waals surface area contributed by atoms with Gasteiger partial charge in [-0.2, -0.15) is 0 Å². The van der Waals surface area contributed by atoms with Crippen LogP contribution in [0, 0.1) is 23.7 Å². The Labute approximate surface area is 121 Å². The van der Waals surface area contributed by atoms with E-state index >= 15 is 0 Å². The van der Waals surface area contributed by atoms with Crippen molar-refractivity contribution >= 4 is 11.9 Å². The summed E-state index contributed by atoms with van der Waals surface area (Å²) >= 11 is 0. The number of carbonyl (C=O) groups excluding carboxylic acids is 1. The molecule has 2 fully saturated rings. The number of nitrogens with one attached hydrogen (secondary N) is 1. The molecule has 0 heterocycles. The second kappa shape index (κ2) is 6.59. The maximum atomic E-state index is 12.3. The molecule has 0 aromatic carbocycles. The summed E-state index contributed by atoms with van der Waals surface area (Å²) in [5.41, 5.74) is 0. The Balaban J connectivity index is 1.91. The van der Waals surface area contributed by atoms with Crippen molar-refractivity contribution in [1.29, 1.82) is 0 Å². The van der Waals surface area contributed by atoms with Gasteiger partial charge < -0.3 is 10.4 Å². The van der Waals surface area contributed by atoms with Gasteiger partial charge in [0, 0.05) is 5.92 Å². The molecule has 2 saturated carbocycles. The fraction of sp³-hybridized carbons (Fsp3) is 0.875. The average molecular weight is 281 g/mol. The van der Waals surface area contributed by atoms with Crippen LogP contribution in [0.2, 0.25) is 0 Å². The molecule has 0 saturated heterocycles. The lowest BCUT2D eigenvalue weighted by Gasteiger charge is -2.39. The lowest BCUT2D eigenvalue weighted by atomic mass is 9.67. The van der Waals surface area contributed by atoms with Gasteiger partial charge in [0.1, 0.15) is 6.04 Å². The Morgan fingerprint density at radius 2 is 1.70 bits per heavy atom. The van der Waals surface area contributed by atoms with E-state index in [2.05, 4.69) is 5.32 Å². The molecule has 20 heavy (non-hydrogen) atoms. The number of hydrogen-bond donors (Lipinski definition) is 2. The second-order valence-electron chi connectivity index (χ2n) is 6.88. The van der Waals surface area contributed by atoms with Crippen LogP contribution >= 0.6 is 0 Å². The van der Waals surface area contributed by atoms with Crippen LogP contribution in [0.15, 0.2) is 0 Å². The average Bonchev–Trinajstić information content (AvgIpc) is 2.43. The normalized spacial score (nSPS) is 31.4. The highest BCUT2D eigenvalue weighted by Gasteiger charge is 2.36. The zero-order chi connectivity index (χ0) is 14.7. The Morgan fingerprint density at radius 3 is 2.30 bits per heavy atom. The first-order valence-corrected chi connectivity index (χ1v) is 8.02. The molecule has 2 N–H and O–H groups in total. The molecule has 4 nitrogen and oxygen atoms in total. The number of fused-ring (bicyclic) bond motifs is 1. The van der Waals surface area contributed by atoms with Gasteiger partial charge in [-0.05, 0) is 37.0 Å². The maximum absolute atomic E-state index is 12.3. The van der Waals surface area contributed by atoms with Crippen LogP contribution in [0.25, 0.3) is 0 Å². The fourth-order valence-corrected chi connectivity index (χ4v) is 3.90. The third-order valence-electron chi connectivity index (χ3n) is 5.14. The minimum atomic E-state index is -0.931. The summed E-state index contributed by atoms with van der Waals surface area (Å²) in [5.74, 6) is 0.469. The first-order chi connectivity index (χ1) is 9.49. The van der Waals surface area contributed by atoms with Gasteiger partial charge in [-0.15, -0.1) is 0 Å². The predicted molar refractivity (Wildman–Crippen MR) is 77.2 cm³/mol. The van der Waals surface area contributed by atoms with Crippen LogP contribution in [0.1, 0.15) is 58.8 Å². The molecular formula is C16H27NO3. The Kier molecular flexibility index (Phi) is 5.06. The van der Waals surface area contributed by atoms with E-state index in [9.17, 15) is 9.59 Å². The molecular weight excluding hydrogens is 254 g/mol. The van der Waals surface area contributed by atoms with E-state index < -0.39 is 12.0 Å². The van der Waals surface area contributed by atoms with Gasteiger partial charge in [0.2, 0.25) is 5.91 Å². The van der Waals surface area contributed by atoms with Gasteiger partial charge in [0.15, 0.2) is 0 Å². The van der Waals surface area contributed by atoms with Crippen LogP contribution < -0.4 is 5.32 Å². The summed E-state index contributed by atoms with van der Waals surface area (Å²) in [5, 5.41) is 11.9. The third-order valence-corrected chi connectivity index (χ3v) is 5.14. The molecule has 3 unspecified atom stereocenters. The van der Waals surface area contributed by atoms with E-state index in [1.54, 1.807) is 0 Å². The highest BCUT2D eigenvalue weighted by molar-refractivity contribution is 5.85. The molecule has 2 aliphatic rings. The van der Waals surface area contributed by atoms with E-state index in [0.717, 1.165) is 25.2 Å². The van der Waals surface area contributed by atoms with Gasteiger partial charge in [0.25, 0.3) is 0 Å². The van der Waals surface area contributed by atoms with Gasteiger partial charge in [-0.25, -0.2) is 4.79 Å². The standard InChI is InChI=1S/C16H27NO3/c1-10(2)14(16(19)20)17-15(18)13-8-7-11-5-3-4-6-12(11)9-13/h10-14H,3-9H2,1-2H3,(H,17,18)(H,19,20)/t11?,12?,13?,14-/m0/s1. The number of rotatable bonds is 4. The van der Waals surface area contributed by atoms with Crippen molar-refractivity contribution in [3.05, 3.63) is 0 Å². The van der Waals surface area contributed by atoms with Crippen LogP contribution in [-0.4, -0.2) is 23.0 Å². The molecule has 0 bridgehead atoms. The van der Waals surface area contributed by atoms with Gasteiger partial charge in [-0.3, -0.25) is 4.79 Å². The van der Waals surface area contributed by atoms with Crippen molar-refractivity contribution in [1.82, 2.24) is 5.32 Å². The SMILES string of the molecule is CC(C)[C@H](NC(=O)C1CCC2CCCCC2C1)C(=O)O. The number of hydrogen-bond acceptors (Lipinski definition) is 2. The lowest BCUT2D eigenvalue weighted by Crippen LogP contribution is -2.48. The first kappa shape index (κ1) is 15.3. The zero-order valence-electron chi connectivity index (χ0n) is 12.6. The largest absolute Gasteiger partial charge is 0.480 e. The van der Waals surface area contributed by atoms with Crippen LogP contribution in [-0.2, 0) is 9.59 Å². The molecule has 0 aromatic heterocycles. The van der Waals surface area contributed by atoms with E-state index in [-0.39, 0.29) is 17.7 Å². The maximum Gasteiger partial charge on any atom is 0.326 e. The molecule has 2 rings (SSSR count). The van der Waals surface area contributed by atoms with Crippen LogP contribution in [0.5, 0.6) is 0 Å². The lowest BCUT2D eigenvalue weighted by molar-refractivity contribution is -0.144. The minimum absolute atomic E-state index is 0.0231. The van der Waals surface area contributed by atoms with E-state index in [1.165, 1.54) is 25.7 Å². The third kappa shape index (κ3) is 3.53. The monoisotopic (exact) mass is 281 g/mol. The molecule has 1 amide bonds. The fourth-order valence-electron chi connectivity index (χ4n) is 3.90. The van der Waals surface area contributed by atoms with E-state index in [1.807, 2.05) is 13.8 Å². The Hall–Kier alpha value is -1.06. The second-order valence-corrected chi connectivity index (χ2v) is 6.88. The smallest absolute Gasteiger partial charge is 0.326 e. The number of carbonyl (C=O) groups is 2. The number of amides is 1. The number of carboxylic acid groups (broad SMARTS) is 1. The molecule has 114 valence electrons. The summed E-state index contributed by atoms with van der Waals surface area (Å²) in [4.78, 5) is 23.5. The van der Waals surface area contributed by atoms with Crippen molar-refractivity contribution in [3.8, 4) is 0 Å². The first-order valence-electron chi connectivity index (χ1n) is 8.02. The highest BCUT2D eigenvalue weighted by Crippen LogP contribution is 2.42. The number of carboxylic acids is 1. The van der Waals surface area contributed by atoms with Crippen LogP contribution in [0.4, 0.5) is 0 Å². The summed E-state index contributed by atoms with van der Waals surface area (Å²) in [7, 11) is 0. The Bertz CT molecular complexity index is 367. The molecule has 0 spiro atoms. The summed E-state index contributed by atoms with van der Waals surface area (Å²) in [6.45, 7) is 3.66. The molecule has 2 aliphatic carbocycles. The summed E-state index contributed by atoms with van der Waals surface area (Å²) in [6, 6.07) is -0.758. The quantitative estimate of drug-likeness (QED) is 0.832. The number of aliphatic carboxylic acids is 1. The van der Waals surface area contributed by atoms with Gasteiger partial charge >= 0.3 is 5.97 Å². The van der Waals surface area contributed by atoms with Crippen molar-refractivity contribution in [3.63, 3.8) is 0 Å². The van der Waals surface area contributed by atoms with Gasteiger partial charge in [0.05, 0.1) is 0 Å².